The van der Waals surface area contributed by atoms with Crippen molar-refractivity contribution in [3.05, 3.63) is 52.3 Å². The fraction of sp³-hybridized carbons (Fsp3) is 0.316. The first-order valence-corrected chi connectivity index (χ1v) is 7.61. The largest absolute Gasteiger partial charge is 0.443 e. The van der Waals surface area contributed by atoms with Gasteiger partial charge in [-0.1, -0.05) is 32.9 Å². The number of carbonyl (C=O) groups is 2. The van der Waals surface area contributed by atoms with Crippen LogP contribution in [0.15, 0.2) is 28.7 Å². The molecular formula is C19H20N2O3. The van der Waals surface area contributed by atoms with E-state index in [1.165, 1.54) is 6.92 Å². The minimum atomic E-state index is -0.393. The van der Waals surface area contributed by atoms with Crippen molar-refractivity contribution in [1.29, 1.82) is 5.26 Å². The number of nitrogens with one attached hydrogen (secondary N) is 1. The summed E-state index contributed by atoms with van der Waals surface area (Å²) < 4.78 is 5.39. The summed E-state index contributed by atoms with van der Waals surface area (Å²) in [4.78, 5) is 24.0. The Bertz CT molecular complexity index is 831. The van der Waals surface area contributed by atoms with Crippen LogP contribution < -0.4 is 5.32 Å². The van der Waals surface area contributed by atoms with Crippen molar-refractivity contribution in [2.75, 3.05) is 5.32 Å². The molecule has 5 heteroatoms. The molecule has 1 aromatic heterocycles. The molecule has 0 aliphatic carbocycles. The van der Waals surface area contributed by atoms with Gasteiger partial charge in [-0.15, -0.1) is 0 Å². The molecule has 0 aliphatic heterocycles. The van der Waals surface area contributed by atoms with E-state index < -0.39 is 5.91 Å². The molecule has 0 radical (unpaired) electrons. The van der Waals surface area contributed by atoms with Crippen molar-refractivity contribution in [3.8, 4) is 6.07 Å². The maximum atomic E-state index is 12.4. The predicted molar refractivity (Wildman–Crippen MR) is 91.3 cm³/mol. The number of hydrogen-bond donors (Lipinski definition) is 1. The van der Waals surface area contributed by atoms with E-state index in [2.05, 4.69) is 26.1 Å². The highest BCUT2D eigenvalue weighted by molar-refractivity contribution is 6.06. The number of ketones is 1. The molecule has 1 amide bonds. The van der Waals surface area contributed by atoms with E-state index in [9.17, 15) is 14.9 Å². The summed E-state index contributed by atoms with van der Waals surface area (Å²) in [6.07, 6.45) is 0. The maximum Gasteiger partial charge on any atom is 0.258 e. The number of rotatable bonds is 3. The molecule has 0 atom stereocenters. The molecule has 0 saturated carbocycles. The highest BCUT2D eigenvalue weighted by Gasteiger charge is 2.23. The number of hydrogen-bond acceptors (Lipinski definition) is 4. The van der Waals surface area contributed by atoms with E-state index in [0.29, 0.717) is 11.3 Å². The van der Waals surface area contributed by atoms with Gasteiger partial charge < -0.3 is 4.42 Å². The van der Waals surface area contributed by atoms with Gasteiger partial charge in [0.05, 0.1) is 5.56 Å². The number of nitrogens with zero attached hydrogens (tertiary/aromatic N) is 1. The van der Waals surface area contributed by atoms with E-state index in [1.54, 1.807) is 19.1 Å². The van der Waals surface area contributed by atoms with Gasteiger partial charge in [0.1, 0.15) is 17.4 Å². The van der Waals surface area contributed by atoms with E-state index in [0.717, 1.165) is 5.56 Å². The lowest BCUT2D eigenvalue weighted by molar-refractivity contribution is 0.101. The van der Waals surface area contributed by atoms with Gasteiger partial charge in [-0.2, -0.15) is 5.26 Å². The van der Waals surface area contributed by atoms with Crippen LogP contribution in [0.25, 0.3) is 0 Å². The molecule has 24 heavy (non-hydrogen) atoms. The van der Waals surface area contributed by atoms with Crippen molar-refractivity contribution in [2.24, 2.45) is 0 Å². The first-order valence-electron chi connectivity index (χ1n) is 7.61. The van der Waals surface area contributed by atoms with Crippen LogP contribution in [0.4, 0.5) is 5.88 Å². The van der Waals surface area contributed by atoms with Gasteiger partial charge in [0.2, 0.25) is 5.88 Å². The van der Waals surface area contributed by atoms with Crippen LogP contribution in [0.5, 0.6) is 0 Å². The van der Waals surface area contributed by atoms with Gasteiger partial charge in [-0.3, -0.25) is 14.9 Å². The Kier molecular flexibility index (Phi) is 4.61. The topological polar surface area (TPSA) is 83.1 Å². The van der Waals surface area contributed by atoms with Crippen molar-refractivity contribution >= 4 is 17.6 Å². The number of furan rings is 1. The van der Waals surface area contributed by atoms with E-state index in [4.69, 9.17) is 4.42 Å². The van der Waals surface area contributed by atoms with Gasteiger partial charge in [0.15, 0.2) is 5.78 Å². The lowest BCUT2D eigenvalue weighted by Crippen LogP contribution is -2.14. The number of carbonyl (C=O) groups excluding carboxylic acids is 2. The minimum Gasteiger partial charge on any atom is -0.443 e. The van der Waals surface area contributed by atoms with Gasteiger partial charge in [-0.25, -0.2) is 0 Å². The van der Waals surface area contributed by atoms with Crippen LogP contribution >= 0.6 is 0 Å². The summed E-state index contributed by atoms with van der Waals surface area (Å²) in [5, 5.41) is 11.8. The van der Waals surface area contributed by atoms with Crippen LogP contribution in [-0.4, -0.2) is 11.7 Å². The molecular weight excluding hydrogens is 304 g/mol. The van der Waals surface area contributed by atoms with Gasteiger partial charge in [0.25, 0.3) is 5.91 Å². The summed E-state index contributed by atoms with van der Waals surface area (Å²) in [5.41, 5.74) is 1.82. The first kappa shape index (κ1) is 17.5. The van der Waals surface area contributed by atoms with Gasteiger partial charge in [0, 0.05) is 5.56 Å². The van der Waals surface area contributed by atoms with Crippen molar-refractivity contribution in [2.45, 2.75) is 40.0 Å². The molecule has 1 heterocycles. The molecule has 2 rings (SSSR count). The SMILES string of the molecule is CC(=O)c1c(C)oc(NC(=O)c2ccc(C(C)(C)C)cc2)c1C#N. The Morgan fingerprint density at radius 3 is 2.21 bits per heavy atom. The molecule has 1 aromatic carbocycles. The molecule has 1 N–H and O–H groups in total. The number of anilines is 1. The Morgan fingerprint density at radius 2 is 1.75 bits per heavy atom. The lowest BCUT2D eigenvalue weighted by atomic mass is 9.87. The fourth-order valence-corrected chi connectivity index (χ4v) is 2.46. The summed E-state index contributed by atoms with van der Waals surface area (Å²) in [7, 11) is 0. The Hall–Kier alpha value is -2.87. The average molecular weight is 324 g/mol. The molecule has 0 bridgehead atoms. The third-order valence-electron chi connectivity index (χ3n) is 3.79. The number of benzene rings is 1. The van der Waals surface area contributed by atoms with Crippen molar-refractivity contribution in [3.63, 3.8) is 0 Å². The quantitative estimate of drug-likeness (QED) is 0.857. The first-order chi connectivity index (χ1) is 11.1. The number of aryl methyl sites for hydroxylation is 1. The minimum absolute atomic E-state index is 0.00248. The number of nitriles is 1. The zero-order chi connectivity index (χ0) is 18.1. The Balaban J connectivity index is 2.29. The molecule has 5 nitrogen and oxygen atoms in total. The summed E-state index contributed by atoms with van der Waals surface area (Å²) in [6, 6.07) is 9.17. The van der Waals surface area contributed by atoms with Crippen molar-refractivity contribution in [1.82, 2.24) is 0 Å². The molecule has 124 valence electrons. The second-order valence-electron chi connectivity index (χ2n) is 6.69. The number of amides is 1. The molecule has 0 fully saturated rings. The van der Waals surface area contributed by atoms with Crippen LogP contribution in [0.1, 0.15) is 65.3 Å². The van der Waals surface area contributed by atoms with Crippen LogP contribution in [0.2, 0.25) is 0 Å². The highest BCUT2D eigenvalue weighted by atomic mass is 16.4. The normalized spacial score (nSPS) is 11.0. The fourth-order valence-electron chi connectivity index (χ4n) is 2.46. The monoisotopic (exact) mass is 324 g/mol. The highest BCUT2D eigenvalue weighted by Crippen LogP contribution is 2.27. The summed E-state index contributed by atoms with van der Waals surface area (Å²) in [5.74, 6) is -0.346. The molecule has 0 saturated heterocycles. The summed E-state index contributed by atoms with van der Waals surface area (Å²) in [6.45, 7) is 9.23. The summed E-state index contributed by atoms with van der Waals surface area (Å²) >= 11 is 0. The van der Waals surface area contributed by atoms with Crippen molar-refractivity contribution < 1.29 is 14.0 Å². The zero-order valence-electron chi connectivity index (χ0n) is 14.5. The van der Waals surface area contributed by atoms with Crippen LogP contribution in [0.3, 0.4) is 0 Å². The zero-order valence-corrected chi connectivity index (χ0v) is 14.5. The van der Waals surface area contributed by atoms with E-state index >= 15 is 0 Å². The molecule has 2 aromatic rings. The van der Waals surface area contributed by atoms with Gasteiger partial charge >= 0.3 is 0 Å². The number of Topliss-reactive ketones (excluding diaryl/α,β-unsaturated/α-hetero) is 1. The second-order valence-corrected chi connectivity index (χ2v) is 6.69. The third kappa shape index (κ3) is 3.38. The molecule has 0 aliphatic rings. The molecule has 0 spiro atoms. The van der Waals surface area contributed by atoms with E-state index in [-0.39, 0.29) is 28.2 Å². The van der Waals surface area contributed by atoms with E-state index in [1.807, 2.05) is 18.2 Å². The standard InChI is InChI=1S/C19H20N2O3/c1-11(22)16-12(2)24-18(15(16)10-20)21-17(23)13-6-8-14(9-7-13)19(3,4)5/h6-9H,1-5H3,(H,21,23). The third-order valence-corrected chi connectivity index (χ3v) is 3.79. The Morgan fingerprint density at radius 1 is 1.17 bits per heavy atom. The predicted octanol–water partition coefficient (Wildman–Crippen LogP) is 4.21. The lowest BCUT2D eigenvalue weighted by Gasteiger charge is -2.18. The second kappa shape index (κ2) is 6.32. The average Bonchev–Trinajstić information content (AvgIpc) is 2.81. The van der Waals surface area contributed by atoms with Gasteiger partial charge in [-0.05, 0) is 37.0 Å². The Labute approximate surface area is 141 Å². The maximum absolute atomic E-state index is 12.4. The van der Waals surface area contributed by atoms with Crippen LogP contribution in [0, 0.1) is 18.3 Å². The smallest absolute Gasteiger partial charge is 0.258 e. The molecule has 0 unspecified atom stereocenters. The van der Waals surface area contributed by atoms with Crippen LogP contribution in [-0.2, 0) is 5.41 Å².